The Morgan fingerprint density at radius 2 is 2.21 bits per heavy atom. The molecule has 1 heterocycles. The van der Waals surface area contributed by atoms with Crippen LogP contribution in [0.15, 0.2) is 29.1 Å². The first kappa shape index (κ1) is 8.74. The summed E-state index contributed by atoms with van der Waals surface area (Å²) in [6.07, 6.45) is 1.30. The summed E-state index contributed by atoms with van der Waals surface area (Å²) in [4.78, 5) is 3.98. The molecule has 0 bridgehead atoms. The number of ether oxygens (including phenoxy) is 1. The molecule has 0 unspecified atom stereocenters. The number of hydrogen-bond donors (Lipinski definition) is 0. The zero-order chi connectivity index (χ0) is 9.97. The highest BCUT2D eigenvalue weighted by Gasteiger charge is 2.11. The van der Waals surface area contributed by atoms with Crippen LogP contribution in [0.25, 0.3) is 11.4 Å². The van der Waals surface area contributed by atoms with E-state index in [9.17, 15) is 0 Å². The maximum absolute atomic E-state index is 5.28. The van der Waals surface area contributed by atoms with Gasteiger partial charge in [0.05, 0.1) is 12.7 Å². The second-order valence-electron chi connectivity index (χ2n) is 2.91. The van der Waals surface area contributed by atoms with E-state index >= 15 is 0 Å². The second kappa shape index (κ2) is 3.49. The van der Waals surface area contributed by atoms with Crippen LogP contribution in [0.5, 0.6) is 5.75 Å². The van der Waals surface area contributed by atoms with Crippen LogP contribution in [0.3, 0.4) is 0 Å². The maximum atomic E-state index is 5.28. The van der Waals surface area contributed by atoms with Crippen LogP contribution in [-0.4, -0.2) is 17.3 Å². The molecule has 0 spiro atoms. The molecular weight excluding hydrogens is 180 g/mol. The van der Waals surface area contributed by atoms with E-state index in [0.717, 1.165) is 16.9 Å². The Morgan fingerprint density at radius 1 is 1.36 bits per heavy atom. The average molecular weight is 190 g/mol. The van der Waals surface area contributed by atoms with Crippen molar-refractivity contribution in [3.63, 3.8) is 0 Å². The molecule has 0 amide bonds. The predicted octanol–water partition coefficient (Wildman–Crippen LogP) is 2.05. The van der Waals surface area contributed by atoms with E-state index in [1.165, 1.54) is 6.39 Å². The number of hydrogen-bond acceptors (Lipinski definition) is 4. The molecule has 2 aromatic rings. The summed E-state index contributed by atoms with van der Waals surface area (Å²) in [5, 5.41) is 3.77. The van der Waals surface area contributed by atoms with Gasteiger partial charge in [-0.3, -0.25) is 0 Å². The van der Waals surface area contributed by atoms with Crippen molar-refractivity contribution >= 4 is 0 Å². The van der Waals surface area contributed by atoms with Crippen LogP contribution in [-0.2, 0) is 0 Å². The van der Waals surface area contributed by atoms with Crippen molar-refractivity contribution in [2.45, 2.75) is 6.92 Å². The highest BCUT2D eigenvalue weighted by molar-refractivity contribution is 5.65. The zero-order valence-corrected chi connectivity index (χ0v) is 8.02. The summed E-state index contributed by atoms with van der Waals surface area (Å²) in [6.45, 7) is 1.97. The van der Waals surface area contributed by atoms with Crippen molar-refractivity contribution in [2.24, 2.45) is 0 Å². The number of aryl methyl sites for hydroxylation is 1. The van der Waals surface area contributed by atoms with Crippen LogP contribution in [0.1, 0.15) is 5.56 Å². The lowest BCUT2D eigenvalue weighted by Crippen LogP contribution is -1.91. The summed E-state index contributed by atoms with van der Waals surface area (Å²) in [7, 11) is 1.63. The SMILES string of the molecule is COc1c(C)cccc1-c1ncon1. The van der Waals surface area contributed by atoms with Gasteiger partial charge in [-0.15, -0.1) is 0 Å². The van der Waals surface area contributed by atoms with Crippen LogP contribution in [0.2, 0.25) is 0 Å². The van der Waals surface area contributed by atoms with Crippen molar-refractivity contribution in [3.8, 4) is 17.1 Å². The molecule has 0 aliphatic heterocycles. The van der Waals surface area contributed by atoms with Crippen LogP contribution < -0.4 is 4.74 Å². The van der Waals surface area contributed by atoms with Crippen LogP contribution in [0, 0.1) is 6.92 Å². The van der Waals surface area contributed by atoms with Gasteiger partial charge in [-0.1, -0.05) is 17.3 Å². The molecular formula is C10H10N2O2. The van der Waals surface area contributed by atoms with E-state index in [0.29, 0.717) is 5.82 Å². The molecule has 0 radical (unpaired) electrons. The Hall–Kier alpha value is -1.84. The normalized spacial score (nSPS) is 10.1. The number of para-hydroxylation sites is 1. The highest BCUT2D eigenvalue weighted by Crippen LogP contribution is 2.29. The molecule has 0 atom stereocenters. The third kappa shape index (κ3) is 1.35. The molecule has 0 aliphatic rings. The lowest BCUT2D eigenvalue weighted by atomic mass is 10.1. The van der Waals surface area contributed by atoms with E-state index in [2.05, 4.69) is 10.1 Å². The maximum Gasteiger partial charge on any atom is 0.214 e. The van der Waals surface area contributed by atoms with Gasteiger partial charge in [0.25, 0.3) is 0 Å². The largest absolute Gasteiger partial charge is 0.496 e. The van der Waals surface area contributed by atoms with E-state index in [1.807, 2.05) is 25.1 Å². The Morgan fingerprint density at radius 3 is 2.86 bits per heavy atom. The van der Waals surface area contributed by atoms with Crippen molar-refractivity contribution in [2.75, 3.05) is 7.11 Å². The number of nitrogens with zero attached hydrogens (tertiary/aromatic N) is 2. The Kier molecular flexibility index (Phi) is 2.18. The molecule has 1 aromatic carbocycles. The summed E-state index contributed by atoms with van der Waals surface area (Å²) >= 11 is 0. The summed E-state index contributed by atoms with van der Waals surface area (Å²) in [6, 6.07) is 5.81. The highest BCUT2D eigenvalue weighted by atomic mass is 16.5. The van der Waals surface area contributed by atoms with Gasteiger partial charge in [0.1, 0.15) is 5.75 Å². The third-order valence-corrected chi connectivity index (χ3v) is 2.02. The molecule has 4 nitrogen and oxygen atoms in total. The fraction of sp³-hybridized carbons (Fsp3) is 0.200. The van der Waals surface area contributed by atoms with Gasteiger partial charge in [-0.05, 0) is 18.6 Å². The third-order valence-electron chi connectivity index (χ3n) is 2.02. The second-order valence-corrected chi connectivity index (χ2v) is 2.91. The molecule has 0 saturated carbocycles. The monoisotopic (exact) mass is 190 g/mol. The quantitative estimate of drug-likeness (QED) is 0.727. The average Bonchev–Trinajstić information content (AvgIpc) is 2.70. The van der Waals surface area contributed by atoms with Gasteiger partial charge in [0.15, 0.2) is 0 Å². The Bertz CT molecular complexity index is 424. The number of benzene rings is 1. The first-order chi connectivity index (χ1) is 6.83. The van der Waals surface area contributed by atoms with Crippen molar-refractivity contribution in [1.82, 2.24) is 10.1 Å². The van der Waals surface area contributed by atoms with Crippen LogP contribution >= 0.6 is 0 Å². The standard InChI is InChI=1S/C10H10N2O2/c1-7-4-3-5-8(9(7)13-2)10-11-6-14-12-10/h3-6H,1-2H3. The Labute approximate surface area is 81.5 Å². The van der Waals surface area contributed by atoms with Crippen LogP contribution in [0.4, 0.5) is 0 Å². The van der Waals surface area contributed by atoms with Gasteiger partial charge >= 0.3 is 0 Å². The van der Waals surface area contributed by atoms with E-state index < -0.39 is 0 Å². The predicted molar refractivity (Wildman–Crippen MR) is 51.0 cm³/mol. The lowest BCUT2D eigenvalue weighted by molar-refractivity contribution is 0.408. The van der Waals surface area contributed by atoms with Gasteiger partial charge in [0, 0.05) is 0 Å². The van der Waals surface area contributed by atoms with Crippen molar-refractivity contribution < 1.29 is 9.26 Å². The summed E-state index contributed by atoms with van der Waals surface area (Å²) in [5.74, 6) is 1.33. The molecule has 0 aliphatic carbocycles. The van der Waals surface area contributed by atoms with Gasteiger partial charge in [-0.2, -0.15) is 4.98 Å². The summed E-state index contributed by atoms with van der Waals surface area (Å²) < 4.78 is 9.97. The number of rotatable bonds is 2. The molecule has 14 heavy (non-hydrogen) atoms. The molecule has 1 aromatic heterocycles. The van der Waals surface area contributed by atoms with Gasteiger partial charge in [0.2, 0.25) is 12.2 Å². The van der Waals surface area contributed by atoms with E-state index in [-0.39, 0.29) is 0 Å². The fourth-order valence-corrected chi connectivity index (χ4v) is 1.39. The summed E-state index contributed by atoms with van der Waals surface area (Å²) in [5.41, 5.74) is 1.90. The first-order valence-electron chi connectivity index (χ1n) is 4.23. The van der Waals surface area contributed by atoms with Gasteiger partial charge < -0.3 is 9.26 Å². The molecule has 0 saturated heterocycles. The minimum absolute atomic E-state index is 0.547. The molecule has 0 N–H and O–H groups in total. The smallest absolute Gasteiger partial charge is 0.214 e. The zero-order valence-electron chi connectivity index (χ0n) is 8.02. The minimum Gasteiger partial charge on any atom is -0.496 e. The van der Waals surface area contributed by atoms with Crippen molar-refractivity contribution in [3.05, 3.63) is 30.2 Å². The lowest BCUT2D eigenvalue weighted by Gasteiger charge is -2.07. The molecule has 0 fully saturated rings. The minimum atomic E-state index is 0.547. The molecule has 2 rings (SSSR count). The topological polar surface area (TPSA) is 48.2 Å². The fourth-order valence-electron chi connectivity index (χ4n) is 1.39. The molecule has 72 valence electrons. The first-order valence-corrected chi connectivity index (χ1v) is 4.23. The number of methoxy groups -OCH3 is 1. The van der Waals surface area contributed by atoms with E-state index in [1.54, 1.807) is 7.11 Å². The van der Waals surface area contributed by atoms with Gasteiger partial charge in [-0.25, -0.2) is 0 Å². The molecule has 4 heteroatoms. The number of aromatic nitrogens is 2. The van der Waals surface area contributed by atoms with Crippen molar-refractivity contribution in [1.29, 1.82) is 0 Å². The van der Waals surface area contributed by atoms with E-state index in [4.69, 9.17) is 9.26 Å². The Balaban J connectivity index is 2.58.